The Hall–Kier alpha value is -8.63. The van der Waals surface area contributed by atoms with Crippen molar-refractivity contribution in [2.75, 3.05) is 12.3 Å². The number of benzene rings is 2. The number of rotatable bonds is 37. The van der Waals surface area contributed by atoms with E-state index in [1.807, 2.05) is 0 Å². The maximum atomic E-state index is 15.4. The van der Waals surface area contributed by atoms with Crippen LogP contribution in [-0.4, -0.2) is 176 Å². The molecule has 28 nitrogen and oxygen atoms in total. The molecule has 1 heterocycles. The van der Waals surface area contributed by atoms with Crippen LogP contribution in [0.1, 0.15) is 174 Å². The zero-order valence-corrected chi connectivity index (χ0v) is 56.2. The zero-order valence-electron chi connectivity index (χ0n) is 55.3. The second kappa shape index (κ2) is 38.8. The van der Waals surface area contributed by atoms with Gasteiger partial charge in [0.05, 0.1) is 12.8 Å². The van der Waals surface area contributed by atoms with E-state index in [1.165, 1.54) is 4.90 Å². The summed E-state index contributed by atoms with van der Waals surface area (Å²) in [6, 6.07) is 2.63. The van der Waals surface area contributed by atoms with Gasteiger partial charge in [0.15, 0.2) is 0 Å². The van der Waals surface area contributed by atoms with Crippen molar-refractivity contribution < 1.29 is 82.4 Å². The van der Waals surface area contributed by atoms with Crippen LogP contribution in [0.5, 0.6) is 0 Å². The molecule has 0 spiro atoms. The highest BCUT2D eigenvalue weighted by Crippen LogP contribution is 2.32. The Bertz CT molecular complexity index is 2980. The molecule has 96 heavy (non-hydrogen) atoms. The van der Waals surface area contributed by atoms with Crippen LogP contribution in [0, 0.1) is 23.7 Å². The van der Waals surface area contributed by atoms with Crippen molar-refractivity contribution in [3.8, 4) is 0 Å². The third-order valence-corrected chi connectivity index (χ3v) is 18.5. The Balaban J connectivity index is 1.44. The molecule has 29 heteroatoms. The van der Waals surface area contributed by atoms with Crippen molar-refractivity contribution in [3.63, 3.8) is 0 Å². The van der Waals surface area contributed by atoms with E-state index in [1.54, 1.807) is 88.4 Å². The number of carbonyl (C=O) groups is 14. The van der Waals surface area contributed by atoms with Crippen molar-refractivity contribution in [1.29, 1.82) is 0 Å². The van der Waals surface area contributed by atoms with Gasteiger partial charge in [-0.1, -0.05) is 159 Å². The second-order valence-electron chi connectivity index (χ2n) is 25.8. The monoisotopic (exact) mass is 1360 g/mol. The van der Waals surface area contributed by atoms with Crippen LogP contribution in [0.25, 0.3) is 0 Å². The predicted octanol–water partition coefficient (Wildman–Crippen LogP) is 2.06. The zero-order chi connectivity index (χ0) is 70.8. The highest BCUT2D eigenvalue weighted by Gasteiger charge is 2.43. The number of nitrogens with zero attached hydrogens (tertiary/aromatic N) is 1. The van der Waals surface area contributed by atoms with Crippen LogP contribution in [0.3, 0.4) is 0 Å². The average molecular weight is 1360 g/mol. The summed E-state index contributed by atoms with van der Waals surface area (Å²) in [7, 11) is 0. The molecule has 3 fully saturated rings. The summed E-state index contributed by atoms with van der Waals surface area (Å²) in [6.45, 7) is 7.80. The number of aliphatic carboxylic acids is 3. The molecule has 5 rings (SSSR count). The lowest BCUT2D eigenvalue weighted by Crippen LogP contribution is -2.62. The van der Waals surface area contributed by atoms with Crippen LogP contribution in [0.4, 0.5) is 0 Å². The van der Waals surface area contributed by atoms with E-state index in [-0.39, 0.29) is 49.8 Å². The van der Waals surface area contributed by atoms with Crippen LogP contribution in [0.2, 0.25) is 0 Å². The highest BCUT2D eigenvalue weighted by molar-refractivity contribution is 7.80. The fourth-order valence-electron chi connectivity index (χ4n) is 12.8. The Kier molecular flexibility index (Phi) is 31.6. The van der Waals surface area contributed by atoms with Crippen LogP contribution in [-0.2, 0) is 67.1 Å². The molecule has 528 valence electrons. The molecule has 2 aromatic carbocycles. The van der Waals surface area contributed by atoms with Crippen molar-refractivity contribution >= 4 is 95.5 Å². The largest absolute Gasteiger partial charge is 0.481 e. The first kappa shape index (κ1) is 78.1. The standard InChI is InChI=1S/C67H97N11O17S/c1-6-38(4)56(76-66(94)57(54(42-24-15-9-16-25-42)43-26-17-10-18-27-43)77-59(87)44(29-30-51(80)81)70-62(90)47(34-52(82)83)69-39(5)79)65(93)73-46(33-41-22-13-8-14-23-41)61(89)74-49(36-96)67(95)78-31-19-28-50(78)64(92)72-45(32-40-20-11-7-12-21-40)60(88)71-48(35-53(84)85)63(91)75-55(37(2)3)58(68)86/h9-10,15-18,24-27,37-38,40-41,44-50,54-57,96H,6-8,11-14,19-23,28-36H2,1-5H3,(H2,68,86)(H,69,79)(H,70,90)(H,71,88)(H,72,92)(H,73,93)(H,74,89)(H,75,91)(H,76,94)(H,77,87)(H,80,81)(H,82,83)(H,84,85)/t38-,44-,45-,46-,47-,48-,49-,50+,55-,56-,57-/m0/s1. The molecule has 2 aliphatic carbocycles. The number of carbonyl (C=O) groups excluding carboxylic acids is 11. The lowest BCUT2D eigenvalue weighted by molar-refractivity contribution is -0.143. The minimum atomic E-state index is -1.72. The molecular formula is C67H97N11O17S. The van der Waals surface area contributed by atoms with E-state index in [2.05, 4.69) is 60.5 Å². The van der Waals surface area contributed by atoms with E-state index in [9.17, 15) is 72.9 Å². The third kappa shape index (κ3) is 24.2. The summed E-state index contributed by atoms with van der Waals surface area (Å²) in [5.41, 5.74) is 6.51. The summed E-state index contributed by atoms with van der Waals surface area (Å²) in [5, 5.41) is 52.6. The topological polar surface area (TPSA) is 437 Å². The van der Waals surface area contributed by atoms with Crippen molar-refractivity contribution in [2.45, 2.75) is 223 Å². The first-order valence-corrected chi connectivity index (χ1v) is 33.9. The smallest absolute Gasteiger partial charge is 0.305 e. The molecule has 1 saturated heterocycles. The average Bonchev–Trinajstić information content (AvgIpc) is 0.846. The highest BCUT2D eigenvalue weighted by atomic mass is 32.1. The summed E-state index contributed by atoms with van der Waals surface area (Å²) in [6.07, 6.45) is 6.29. The molecule has 14 N–H and O–H groups in total. The predicted molar refractivity (Wildman–Crippen MR) is 354 cm³/mol. The van der Waals surface area contributed by atoms with Gasteiger partial charge in [-0.25, -0.2) is 0 Å². The van der Waals surface area contributed by atoms with Crippen LogP contribution in [0.15, 0.2) is 60.7 Å². The van der Waals surface area contributed by atoms with Gasteiger partial charge in [-0.2, -0.15) is 12.6 Å². The Morgan fingerprint density at radius 2 is 0.927 bits per heavy atom. The fourth-order valence-corrected chi connectivity index (χ4v) is 13.0. The number of nitrogens with one attached hydrogen (secondary N) is 9. The van der Waals surface area contributed by atoms with E-state index >= 15 is 9.59 Å². The Morgan fingerprint density at radius 3 is 1.40 bits per heavy atom. The van der Waals surface area contributed by atoms with Gasteiger partial charge in [-0.3, -0.25) is 67.1 Å². The van der Waals surface area contributed by atoms with Crippen LogP contribution < -0.4 is 53.6 Å². The lowest BCUT2D eigenvalue weighted by atomic mass is 9.83. The minimum absolute atomic E-state index is 0.0339. The lowest BCUT2D eigenvalue weighted by Gasteiger charge is -2.34. The molecule has 0 radical (unpaired) electrons. The molecule has 1 aliphatic heterocycles. The molecule has 3 aliphatic rings. The number of thiol groups is 1. The van der Waals surface area contributed by atoms with Gasteiger partial charge in [-0.05, 0) is 66.9 Å². The first-order valence-electron chi connectivity index (χ1n) is 33.3. The minimum Gasteiger partial charge on any atom is -0.481 e. The molecule has 0 aromatic heterocycles. The number of carboxylic acids is 3. The Labute approximate surface area is 564 Å². The molecule has 0 unspecified atom stereocenters. The molecular weight excluding hydrogens is 1260 g/mol. The molecule has 11 atom stereocenters. The van der Waals surface area contributed by atoms with Gasteiger partial charge >= 0.3 is 17.9 Å². The van der Waals surface area contributed by atoms with Gasteiger partial charge in [0.1, 0.15) is 60.4 Å². The van der Waals surface area contributed by atoms with Gasteiger partial charge in [-0.15, -0.1) is 0 Å². The van der Waals surface area contributed by atoms with Crippen molar-refractivity contribution in [3.05, 3.63) is 71.8 Å². The van der Waals surface area contributed by atoms with Gasteiger partial charge < -0.3 is 73.8 Å². The molecule has 2 aromatic rings. The number of likely N-dealkylation sites (tertiary alicyclic amines) is 1. The van der Waals surface area contributed by atoms with Gasteiger partial charge in [0.25, 0.3) is 0 Å². The number of amides is 11. The number of primary amides is 1. The first-order chi connectivity index (χ1) is 45.6. The summed E-state index contributed by atoms with van der Waals surface area (Å²) >= 11 is 4.48. The molecule has 11 amide bonds. The van der Waals surface area contributed by atoms with E-state index < -0.39 is 187 Å². The maximum absolute atomic E-state index is 15.4. The molecule has 2 saturated carbocycles. The number of carboxylic acid groups (broad SMARTS) is 3. The van der Waals surface area contributed by atoms with E-state index in [0.29, 0.717) is 17.5 Å². The quantitative estimate of drug-likeness (QED) is 0.0431. The summed E-state index contributed by atoms with van der Waals surface area (Å²) in [5.74, 6) is -16.4. The van der Waals surface area contributed by atoms with Gasteiger partial charge in [0, 0.05) is 31.6 Å². The van der Waals surface area contributed by atoms with Gasteiger partial charge in [0.2, 0.25) is 65.0 Å². The Morgan fingerprint density at radius 1 is 0.500 bits per heavy atom. The fraction of sp³-hybridized carbons (Fsp3) is 0.612. The third-order valence-electron chi connectivity index (χ3n) is 18.1. The normalized spacial score (nSPS) is 18.2. The van der Waals surface area contributed by atoms with Crippen molar-refractivity contribution in [2.24, 2.45) is 29.4 Å². The van der Waals surface area contributed by atoms with Crippen LogP contribution >= 0.6 is 12.6 Å². The summed E-state index contributed by atoms with van der Waals surface area (Å²) < 4.78 is 0. The summed E-state index contributed by atoms with van der Waals surface area (Å²) in [4.78, 5) is 192. The van der Waals surface area contributed by atoms with E-state index in [0.717, 1.165) is 71.1 Å². The number of hydrogen-bond acceptors (Lipinski definition) is 15. The second-order valence-corrected chi connectivity index (χ2v) is 26.2. The number of hydrogen-bond donors (Lipinski definition) is 14. The maximum Gasteiger partial charge on any atom is 0.305 e. The SMILES string of the molecule is CC[C@H](C)[C@H](NC(=O)[C@@H](NC(=O)[C@H](CCC(=O)O)NC(=O)[C@H](CC(=O)O)NC(C)=O)C(c1ccccc1)c1ccccc1)C(=O)N[C@@H](CC1CCCCC1)C(=O)N[C@@H](CS)C(=O)N1CCC[C@@H]1C(=O)N[C@@H](CC1CCCCC1)C(=O)N[C@@H](CC(=O)O)C(=O)N[C@H](C(N)=O)C(C)C. The van der Waals surface area contributed by atoms with E-state index in [4.69, 9.17) is 5.73 Å². The molecule has 0 bridgehead atoms. The van der Waals surface area contributed by atoms with Crippen molar-refractivity contribution in [1.82, 2.24) is 52.8 Å². The number of nitrogens with two attached hydrogens (primary N) is 1.